The molecule has 0 bridgehead atoms. The van der Waals surface area contributed by atoms with E-state index in [9.17, 15) is 18.4 Å². The van der Waals surface area contributed by atoms with Gasteiger partial charge in [-0.1, -0.05) is 95.0 Å². The molecule has 0 unspecified atom stereocenters. The van der Waals surface area contributed by atoms with Crippen LogP contribution in [0.25, 0.3) is 12.2 Å². The Morgan fingerprint density at radius 2 is 1.06 bits per heavy atom. The molecule has 5 aliphatic rings. The molecule has 3 fully saturated rings. The Kier molecular flexibility index (Phi) is 20.9. The number of hydrogen-bond donors (Lipinski definition) is 3. The van der Waals surface area contributed by atoms with Gasteiger partial charge in [-0.25, -0.2) is 24.8 Å². The number of aldehydes is 1. The molecule has 4 N–H and O–H groups in total. The summed E-state index contributed by atoms with van der Waals surface area (Å²) in [6.07, 6.45) is 16.8. The number of hydrazine groups is 2. The summed E-state index contributed by atoms with van der Waals surface area (Å²) in [6, 6.07) is 38.9. The molecular formula is C61H64Cl4F2N8O3. The van der Waals surface area contributed by atoms with E-state index in [0.717, 1.165) is 134 Å². The SMILES string of the molecule is C1CCOC1.NN1CC2(CCN(C/C=C/c3ccc(Cl)cc3)CC2)c2cc(F)ccc21.O=C(Nc1ccc(Cl)cc1)NN1CC2(CCN(C/C=C/c3ccc(Cl)cc3)CC2)c2cc(F)ccc21.O=CC=Nc1ccc(Cl)cc1. The van der Waals surface area contributed by atoms with Gasteiger partial charge in [0.2, 0.25) is 0 Å². The highest BCUT2D eigenvalue weighted by Gasteiger charge is 2.46. The van der Waals surface area contributed by atoms with E-state index in [1.807, 2.05) is 53.5 Å². The first-order valence-electron chi connectivity index (χ1n) is 26.1. The summed E-state index contributed by atoms with van der Waals surface area (Å²) in [5, 5.41) is 9.20. The lowest BCUT2D eigenvalue weighted by Gasteiger charge is -2.39. The fraction of sp³-hybridized carbons (Fsp3) is 0.295. The van der Waals surface area contributed by atoms with Crippen LogP contribution in [0.15, 0.2) is 151 Å². The number of likely N-dealkylation sites (tertiary alicyclic amines) is 2. The summed E-state index contributed by atoms with van der Waals surface area (Å²) in [6.45, 7) is 8.93. The number of benzene rings is 6. The van der Waals surface area contributed by atoms with E-state index in [1.165, 1.54) is 31.2 Å². The molecule has 0 atom stereocenters. The number of nitrogens with one attached hydrogen (secondary N) is 2. The number of nitrogens with zero attached hydrogens (tertiary/aromatic N) is 5. The van der Waals surface area contributed by atoms with E-state index in [1.54, 1.807) is 77.8 Å². The van der Waals surface area contributed by atoms with Gasteiger partial charge < -0.3 is 15.1 Å². The summed E-state index contributed by atoms with van der Waals surface area (Å²) >= 11 is 23.4. The number of amides is 2. The van der Waals surface area contributed by atoms with Gasteiger partial charge in [-0.15, -0.1) is 0 Å². The molecule has 11 rings (SSSR count). The zero-order chi connectivity index (χ0) is 54.9. The van der Waals surface area contributed by atoms with Crippen LogP contribution in [0.1, 0.15) is 60.8 Å². The lowest BCUT2D eigenvalue weighted by Crippen LogP contribution is -2.49. The molecule has 2 amide bonds. The number of rotatable bonds is 10. The van der Waals surface area contributed by atoms with Crippen molar-refractivity contribution in [3.05, 3.63) is 200 Å². The second-order valence-electron chi connectivity index (χ2n) is 19.9. The number of carbonyl (C=O) groups excluding carboxylic acids is 2. The second kappa shape index (κ2) is 28.1. The third-order valence-corrected chi connectivity index (χ3v) is 15.6. The predicted octanol–water partition coefficient (Wildman–Crippen LogP) is 14.0. The molecule has 0 saturated carbocycles. The molecule has 0 aromatic heterocycles. The summed E-state index contributed by atoms with van der Waals surface area (Å²) in [4.78, 5) is 31.2. The third-order valence-electron chi connectivity index (χ3n) is 14.6. The number of aliphatic imine (C=N–C) groups is 1. The summed E-state index contributed by atoms with van der Waals surface area (Å²) < 4.78 is 33.0. The van der Waals surface area contributed by atoms with Crippen molar-refractivity contribution in [1.82, 2.24) is 15.2 Å². The van der Waals surface area contributed by atoms with E-state index >= 15 is 0 Å². The number of halogens is 6. The normalized spacial score (nSPS) is 17.3. The number of fused-ring (bicyclic) bond motifs is 4. The Hall–Kier alpha value is -6.13. The molecule has 3 saturated heterocycles. The lowest BCUT2D eigenvalue weighted by atomic mass is 9.74. The molecule has 6 aromatic rings. The van der Waals surface area contributed by atoms with Crippen LogP contribution in [0.4, 0.5) is 36.3 Å². The second-order valence-corrected chi connectivity index (χ2v) is 21.6. The van der Waals surface area contributed by atoms with Crippen LogP contribution in [0, 0.1) is 11.6 Å². The van der Waals surface area contributed by atoms with Crippen LogP contribution in [-0.2, 0) is 20.4 Å². The van der Waals surface area contributed by atoms with E-state index < -0.39 is 0 Å². The predicted molar refractivity (Wildman–Crippen MR) is 317 cm³/mol. The van der Waals surface area contributed by atoms with Gasteiger partial charge in [-0.2, -0.15) is 0 Å². The van der Waals surface area contributed by atoms with Crippen LogP contribution in [0.5, 0.6) is 0 Å². The first-order chi connectivity index (χ1) is 37.8. The Bertz CT molecular complexity index is 2990. The van der Waals surface area contributed by atoms with E-state index in [0.29, 0.717) is 28.6 Å². The molecule has 5 heterocycles. The minimum Gasteiger partial charge on any atom is -0.381 e. The van der Waals surface area contributed by atoms with Crippen molar-refractivity contribution in [1.29, 1.82) is 0 Å². The minimum absolute atomic E-state index is 0.0113. The van der Waals surface area contributed by atoms with Gasteiger partial charge in [0.15, 0.2) is 6.29 Å². The Morgan fingerprint density at radius 1 is 0.615 bits per heavy atom. The fourth-order valence-corrected chi connectivity index (χ4v) is 10.9. The highest BCUT2D eigenvalue weighted by molar-refractivity contribution is 6.31. The fourth-order valence-electron chi connectivity index (χ4n) is 10.4. The quantitative estimate of drug-likeness (QED) is 0.0705. The van der Waals surface area contributed by atoms with Gasteiger partial charge >= 0.3 is 6.03 Å². The number of ether oxygens (including phenoxy) is 1. The molecule has 6 aromatic carbocycles. The molecule has 5 aliphatic heterocycles. The average Bonchev–Trinajstić information content (AvgIpc) is 4.39. The maximum atomic E-state index is 14.3. The third kappa shape index (κ3) is 16.2. The molecular weight excluding hydrogens is 1070 g/mol. The zero-order valence-corrected chi connectivity index (χ0v) is 46.3. The molecule has 2 spiro atoms. The van der Waals surface area contributed by atoms with Crippen LogP contribution in [-0.4, -0.2) is 93.9 Å². The van der Waals surface area contributed by atoms with Crippen molar-refractivity contribution in [3.8, 4) is 0 Å². The van der Waals surface area contributed by atoms with Crippen LogP contribution in [0.3, 0.4) is 0 Å². The van der Waals surface area contributed by atoms with Crippen molar-refractivity contribution in [2.75, 3.05) is 80.9 Å². The molecule has 408 valence electrons. The van der Waals surface area contributed by atoms with Gasteiger partial charge in [-0.3, -0.25) is 24.6 Å². The lowest BCUT2D eigenvalue weighted by molar-refractivity contribution is -0.102. The first-order valence-corrected chi connectivity index (χ1v) is 27.6. The van der Waals surface area contributed by atoms with Gasteiger partial charge in [0.1, 0.15) is 11.6 Å². The standard InChI is InChI=1S/C28H27Cl2FN4O.C21H23ClFN3.C8H6ClNO.C4H8O/c29-21-5-3-20(4-6-21)2-1-15-34-16-13-28(14-17-34)19-35(26-12-9-23(31)18-25(26)28)33-27(36)32-24-10-7-22(30)8-11-24;22-17-5-3-16(4-6-17)2-1-11-25-12-9-21(10-13-25)15-26(24)20-8-7-18(23)14-19(20)21;9-7-1-3-8(4-2-7)10-5-6-11;1-2-4-5-3-1/h1-12,18H,13-17,19H2,(H2,32,33,36);1-8,14H,9-13,15,24H2;1-6H;1-4H2/b2*2-1+;;. The molecule has 17 heteroatoms. The van der Waals surface area contributed by atoms with Crippen molar-refractivity contribution in [2.24, 2.45) is 10.8 Å². The number of piperidine rings is 2. The van der Waals surface area contributed by atoms with E-state index in [-0.39, 0.29) is 28.5 Å². The Morgan fingerprint density at radius 3 is 1.54 bits per heavy atom. The highest BCUT2D eigenvalue weighted by atomic mass is 35.5. The number of anilines is 3. The van der Waals surface area contributed by atoms with Crippen molar-refractivity contribution in [3.63, 3.8) is 0 Å². The van der Waals surface area contributed by atoms with Crippen molar-refractivity contribution >= 4 is 99.8 Å². The highest BCUT2D eigenvalue weighted by Crippen LogP contribution is 2.48. The van der Waals surface area contributed by atoms with Crippen LogP contribution in [0.2, 0.25) is 20.1 Å². The Labute approximate surface area is 476 Å². The number of nitrogens with two attached hydrogens (primary N) is 1. The molecule has 11 nitrogen and oxygen atoms in total. The average molecular weight is 1140 g/mol. The minimum atomic E-state index is -0.352. The van der Waals surface area contributed by atoms with Crippen molar-refractivity contribution in [2.45, 2.75) is 49.4 Å². The van der Waals surface area contributed by atoms with Crippen LogP contribution >= 0.6 is 46.4 Å². The number of carbonyl (C=O) groups is 2. The summed E-state index contributed by atoms with van der Waals surface area (Å²) in [5.74, 6) is 5.74. The van der Waals surface area contributed by atoms with Crippen molar-refractivity contribution < 1.29 is 23.1 Å². The summed E-state index contributed by atoms with van der Waals surface area (Å²) in [7, 11) is 0. The van der Waals surface area contributed by atoms with Gasteiger partial charge in [-0.05, 0) is 196 Å². The smallest absolute Gasteiger partial charge is 0.338 e. The Balaban J connectivity index is 0.000000165. The number of hydrogen-bond acceptors (Lipinski definition) is 9. The monoisotopic (exact) mass is 1130 g/mol. The molecule has 78 heavy (non-hydrogen) atoms. The molecule has 0 aliphatic carbocycles. The van der Waals surface area contributed by atoms with Gasteiger partial charge in [0, 0.05) is 76.0 Å². The van der Waals surface area contributed by atoms with Gasteiger partial charge in [0.05, 0.1) is 23.3 Å². The molecule has 0 radical (unpaired) electrons. The first kappa shape index (κ1) is 58.0. The zero-order valence-electron chi connectivity index (χ0n) is 43.3. The van der Waals surface area contributed by atoms with E-state index in [2.05, 4.69) is 49.8 Å². The summed E-state index contributed by atoms with van der Waals surface area (Å²) in [5.41, 5.74) is 10.2. The largest absolute Gasteiger partial charge is 0.381 e. The van der Waals surface area contributed by atoms with Crippen LogP contribution < -0.4 is 26.6 Å². The van der Waals surface area contributed by atoms with E-state index in [4.69, 9.17) is 57.0 Å². The van der Waals surface area contributed by atoms with Gasteiger partial charge in [0.25, 0.3) is 0 Å². The maximum Gasteiger partial charge on any atom is 0.338 e. The number of urea groups is 1. The topological polar surface area (TPSA) is 119 Å². The maximum absolute atomic E-state index is 14.3.